The van der Waals surface area contributed by atoms with Crippen molar-refractivity contribution in [2.24, 2.45) is 5.92 Å². The van der Waals surface area contributed by atoms with Gasteiger partial charge in [0, 0.05) is 6.04 Å². The fourth-order valence-electron chi connectivity index (χ4n) is 3.78. The second kappa shape index (κ2) is 7.68. The molecular weight excluding hydrogens is 318 g/mol. The van der Waals surface area contributed by atoms with Crippen LogP contribution in [0.3, 0.4) is 0 Å². The fraction of sp³-hybridized carbons (Fsp3) is 0.526. The van der Waals surface area contributed by atoms with Crippen LogP contribution in [0.25, 0.3) is 10.9 Å². The number of aromatic amines is 1. The van der Waals surface area contributed by atoms with Gasteiger partial charge < -0.3 is 10.3 Å². The van der Waals surface area contributed by atoms with Crippen molar-refractivity contribution in [3.63, 3.8) is 0 Å². The summed E-state index contributed by atoms with van der Waals surface area (Å²) >= 11 is 0. The van der Waals surface area contributed by atoms with Crippen molar-refractivity contribution in [3.05, 3.63) is 45.1 Å². The van der Waals surface area contributed by atoms with Crippen LogP contribution in [0.4, 0.5) is 0 Å². The number of H-pyrrole nitrogens is 1. The molecule has 1 aromatic carbocycles. The molecule has 6 nitrogen and oxygen atoms in total. The van der Waals surface area contributed by atoms with Gasteiger partial charge in [0.2, 0.25) is 5.91 Å². The molecule has 0 bridgehead atoms. The monoisotopic (exact) mass is 343 g/mol. The molecule has 1 fully saturated rings. The maximum Gasteiger partial charge on any atom is 0.329 e. The van der Waals surface area contributed by atoms with Crippen LogP contribution in [-0.2, 0) is 11.3 Å². The maximum atomic E-state index is 12.5. The molecule has 134 valence electrons. The van der Waals surface area contributed by atoms with Gasteiger partial charge in [-0.1, -0.05) is 38.3 Å². The van der Waals surface area contributed by atoms with Gasteiger partial charge in [-0.3, -0.25) is 14.2 Å². The highest BCUT2D eigenvalue weighted by Gasteiger charge is 2.28. The molecule has 1 saturated carbocycles. The van der Waals surface area contributed by atoms with Gasteiger partial charge in [-0.15, -0.1) is 0 Å². The molecule has 6 heteroatoms. The maximum absolute atomic E-state index is 12.5. The number of nitrogens with one attached hydrogen (secondary N) is 2. The average Bonchev–Trinajstić information content (AvgIpc) is 3.03. The average molecular weight is 343 g/mol. The number of aromatic nitrogens is 2. The van der Waals surface area contributed by atoms with E-state index in [1.807, 2.05) is 0 Å². The lowest BCUT2D eigenvalue weighted by atomic mass is 9.97. The Balaban J connectivity index is 1.74. The summed E-state index contributed by atoms with van der Waals surface area (Å²) in [5.74, 6) is 0.242. The molecule has 0 radical (unpaired) electrons. The molecule has 3 rings (SSSR count). The number of hydrogen-bond donors (Lipinski definition) is 2. The molecule has 1 amide bonds. The van der Waals surface area contributed by atoms with Gasteiger partial charge in [0.15, 0.2) is 0 Å². The molecule has 0 saturated heterocycles. The number of rotatable bonds is 6. The van der Waals surface area contributed by atoms with Gasteiger partial charge in [-0.25, -0.2) is 4.79 Å². The van der Waals surface area contributed by atoms with Crippen molar-refractivity contribution in [3.8, 4) is 0 Å². The standard InChI is InChI=1S/C19H25N3O3/c1-2-3-7-13-8-6-11-15(13)20-17(23)12-22-18(24)14-9-4-5-10-16(14)21-19(22)25/h4-5,9-10,13,15H,2-3,6-8,11-12H2,1H3,(H,20,23)(H,21,25). The molecule has 2 atom stereocenters. The van der Waals surface area contributed by atoms with Crippen LogP contribution in [0.5, 0.6) is 0 Å². The second-order valence-electron chi connectivity index (χ2n) is 6.87. The van der Waals surface area contributed by atoms with E-state index in [2.05, 4.69) is 17.2 Å². The Hall–Kier alpha value is -2.37. The van der Waals surface area contributed by atoms with E-state index >= 15 is 0 Å². The van der Waals surface area contributed by atoms with E-state index < -0.39 is 11.2 Å². The number of benzene rings is 1. The van der Waals surface area contributed by atoms with Crippen LogP contribution in [0, 0.1) is 5.92 Å². The molecule has 1 aliphatic rings. The van der Waals surface area contributed by atoms with E-state index in [9.17, 15) is 14.4 Å². The lowest BCUT2D eigenvalue weighted by Crippen LogP contribution is -2.44. The molecule has 0 aliphatic heterocycles. The molecule has 0 spiro atoms. The lowest BCUT2D eigenvalue weighted by molar-refractivity contribution is -0.122. The summed E-state index contributed by atoms with van der Waals surface area (Å²) < 4.78 is 0.980. The predicted molar refractivity (Wildman–Crippen MR) is 97.6 cm³/mol. The third-order valence-electron chi connectivity index (χ3n) is 5.13. The number of nitrogens with zero attached hydrogens (tertiary/aromatic N) is 1. The Morgan fingerprint density at radius 3 is 2.88 bits per heavy atom. The highest BCUT2D eigenvalue weighted by Crippen LogP contribution is 2.29. The Morgan fingerprint density at radius 2 is 2.08 bits per heavy atom. The van der Waals surface area contributed by atoms with Gasteiger partial charge >= 0.3 is 5.69 Å². The first-order chi connectivity index (χ1) is 12.1. The number of carbonyl (C=O) groups excluding carboxylic acids is 1. The minimum atomic E-state index is -0.548. The molecule has 1 aliphatic carbocycles. The van der Waals surface area contributed by atoms with Crippen LogP contribution < -0.4 is 16.6 Å². The van der Waals surface area contributed by atoms with Crippen molar-refractivity contribution < 1.29 is 4.79 Å². The van der Waals surface area contributed by atoms with Crippen molar-refractivity contribution >= 4 is 16.8 Å². The van der Waals surface area contributed by atoms with Crippen LogP contribution in [0.15, 0.2) is 33.9 Å². The number of unbranched alkanes of at least 4 members (excludes halogenated alkanes) is 1. The third-order valence-corrected chi connectivity index (χ3v) is 5.13. The smallest absolute Gasteiger partial charge is 0.329 e. The van der Waals surface area contributed by atoms with E-state index in [0.29, 0.717) is 16.8 Å². The molecule has 1 aromatic heterocycles. The number of carbonyl (C=O) groups is 1. The van der Waals surface area contributed by atoms with Crippen LogP contribution in [-0.4, -0.2) is 21.5 Å². The van der Waals surface area contributed by atoms with Gasteiger partial charge in [-0.05, 0) is 37.3 Å². The summed E-state index contributed by atoms with van der Waals surface area (Å²) in [5.41, 5.74) is -0.485. The zero-order chi connectivity index (χ0) is 17.8. The molecule has 2 aromatic rings. The van der Waals surface area contributed by atoms with E-state index in [1.54, 1.807) is 24.3 Å². The number of amides is 1. The van der Waals surface area contributed by atoms with Crippen LogP contribution in [0.2, 0.25) is 0 Å². The number of para-hydroxylation sites is 1. The highest BCUT2D eigenvalue weighted by atomic mass is 16.2. The minimum absolute atomic E-state index is 0.161. The summed E-state index contributed by atoms with van der Waals surface area (Å²) in [6, 6.07) is 6.99. The summed E-state index contributed by atoms with van der Waals surface area (Å²) in [6.45, 7) is 1.93. The summed E-state index contributed by atoms with van der Waals surface area (Å²) in [6.07, 6.45) is 6.68. The molecule has 2 unspecified atom stereocenters. The van der Waals surface area contributed by atoms with E-state index in [1.165, 1.54) is 6.42 Å². The van der Waals surface area contributed by atoms with Gasteiger partial charge in [-0.2, -0.15) is 0 Å². The number of hydrogen-bond acceptors (Lipinski definition) is 3. The lowest BCUT2D eigenvalue weighted by Gasteiger charge is -2.21. The Bertz CT molecular complexity index is 868. The van der Waals surface area contributed by atoms with Crippen LogP contribution >= 0.6 is 0 Å². The quantitative estimate of drug-likeness (QED) is 0.843. The normalized spacial score (nSPS) is 20.0. The van der Waals surface area contributed by atoms with Crippen molar-refractivity contribution in [1.82, 2.24) is 14.9 Å². The van der Waals surface area contributed by atoms with E-state index in [-0.39, 0.29) is 18.5 Å². The highest BCUT2D eigenvalue weighted by molar-refractivity contribution is 5.79. The van der Waals surface area contributed by atoms with Crippen LogP contribution in [0.1, 0.15) is 45.4 Å². The van der Waals surface area contributed by atoms with Crippen molar-refractivity contribution in [2.75, 3.05) is 0 Å². The van der Waals surface area contributed by atoms with Gasteiger partial charge in [0.1, 0.15) is 6.54 Å². The topological polar surface area (TPSA) is 84.0 Å². The summed E-state index contributed by atoms with van der Waals surface area (Å²) in [5, 5.41) is 3.45. The minimum Gasteiger partial charge on any atom is -0.352 e. The molecule has 25 heavy (non-hydrogen) atoms. The predicted octanol–water partition coefficient (Wildman–Crippen LogP) is 2.16. The van der Waals surface area contributed by atoms with E-state index in [4.69, 9.17) is 0 Å². The Morgan fingerprint density at radius 1 is 1.28 bits per heavy atom. The van der Waals surface area contributed by atoms with Crippen molar-refractivity contribution in [1.29, 1.82) is 0 Å². The molecular formula is C19H25N3O3. The first-order valence-corrected chi connectivity index (χ1v) is 9.11. The first kappa shape index (κ1) is 17.5. The first-order valence-electron chi connectivity index (χ1n) is 9.11. The SMILES string of the molecule is CCCCC1CCCC1NC(=O)Cn1c(=O)[nH]c2ccccc2c1=O. The Kier molecular flexibility index (Phi) is 5.36. The molecule has 2 N–H and O–H groups in total. The fourth-order valence-corrected chi connectivity index (χ4v) is 3.78. The zero-order valence-electron chi connectivity index (χ0n) is 14.6. The second-order valence-corrected chi connectivity index (χ2v) is 6.87. The summed E-state index contributed by atoms with van der Waals surface area (Å²) in [7, 11) is 0. The molecule has 1 heterocycles. The van der Waals surface area contributed by atoms with Gasteiger partial charge in [0.25, 0.3) is 5.56 Å². The Labute approximate surface area is 146 Å². The zero-order valence-corrected chi connectivity index (χ0v) is 14.6. The third kappa shape index (κ3) is 3.83. The van der Waals surface area contributed by atoms with E-state index in [0.717, 1.165) is 36.7 Å². The largest absolute Gasteiger partial charge is 0.352 e. The van der Waals surface area contributed by atoms with Crippen molar-refractivity contribution in [2.45, 2.75) is 58.0 Å². The number of fused-ring (bicyclic) bond motifs is 1. The summed E-state index contributed by atoms with van der Waals surface area (Å²) in [4.78, 5) is 39.7. The van der Waals surface area contributed by atoms with Gasteiger partial charge in [0.05, 0.1) is 10.9 Å².